The number of H-pyrrole nitrogens is 1. The number of pyridine rings is 1. The second kappa shape index (κ2) is 12.1. The summed E-state index contributed by atoms with van der Waals surface area (Å²) in [6, 6.07) is 23.7. The van der Waals surface area contributed by atoms with Crippen molar-refractivity contribution in [2.75, 3.05) is 23.9 Å². The van der Waals surface area contributed by atoms with Gasteiger partial charge in [0.2, 0.25) is 11.7 Å². The van der Waals surface area contributed by atoms with Gasteiger partial charge in [0.05, 0.1) is 11.2 Å². The first kappa shape index (κ1) is 27.6. The average molecular weight is 576 g/mol. The second-order valence-corrected chi connectivity index (χ2v) is 10.3. The molecule has 0 aliphatic carbocycles. The minimum absolute atomic E-state index is 0.0500. The molecule has 1 aliphatic rings. The van der Waals surface area contributed by atoms with E-state index in [1.54, 1.807) is 19.3 Å². The molecule has 1 aliphatic heterocycles. The first-order chi connectivity index (χ1) is 20.9. The molecule has 216 valence electrons. The Kier molecular flexibility index (Phi) is 7.77. The highest BCUT2D eigenvalue weighted by atomic mass is 16.5. The number of aryl methyl sites for hydroxylation is 1. The van der Waals surface area contributed by atoms with Crippen LogP contribution >= 0.6 is 0 Å². The van der Waals surface area contributed by atoms with Gasteiger partial charge in [-0.05, 0) is 47.9 Å². The topological polar surface area (TPSA) is 142 Å². The predicted molar refractivity (Wildman–Crippen MR) is 161 cm³/mol. The van der Waals surface area contributed by atoms with E-state index in [0.29, 0.717) is 35.8 Å². The van der Waals surface area contributed by atoms with E-state index in [9.17, 15) is 14.4 Å². The normalized spacial score (nSPS) is 14.5. The Morgan fingerprint density at radius 3 is 2.74 bits per heavy atom. The minimum atomic E-state index is -0.938. The summed E-state index contributed by atoms with van der Waals surface area (Å²) in [7, 11) is 1.63. The largest absolute Gasteiger partial charge is 0.489 e. The van der Waals surface area contributed by atoms with Crippen LogP contribution in [0, 0.1) is 0 Å². The molecule has 3 amide bonds. The van der Waals surface area contributed by atoms with Crippen LogP contribution in [-0.4, -0.2) is 57.6 Å². The summed E-state index contributed by atoms with van der Waals surface area (Å²) in [6.45, 7) is -0.0500. The van der Waals surface area contributed by atoms with Gasteiger partial charge in [0.15, 0.2) is 0 Å². The lowest BCUT2D eigenvalue weighted by molar-refractivity contribution is -0.120. The number of fused-ring (bicyclic) bond motifs is 2. The zero-order chi connectivity index (χ0) is 29.8. The molecule has 5 aromatic rings. The molecule has 3 heterocycles. The highest BCUT2D eigenvalue weighted by Gasteiger charge is 2.31. The lowest BCUT2D eigenvalue weighted by Gasteiger charge is -2.20. The van der Waals surface area contributed by atoms with Crippen molar-refractivity contribution in [3.05, 3.63) is 108 Å². The molecule has 11 nitrogen and oxygen atoms in total. The van der Waals surface area contributed by atoms with E-state index in [1.807, 2.05) is 72.8 Å². The third-order valence-corrected chi connectivity index (χ3v) is 7.20. The van der Waals surface area contributed by atoms with Crippen LogP contribution in [-0.2, 0) is 22.4 Å². The van der Waals surface area contributed by atoms with E-state index in [4.69, 9.17) is 4.74 Å². The number of anilines is 2. The van der Waals surface area contributed by atoms with Crippen molar-refractivity contribution in [1.29, 1.82) is 0 Å². The number of carbonyl (C=O) groups is 3. The molecule has 3 N–H and O–H groups in total. The fourth-order valence-corrected chi connectivity index (χ4v) is 4.92. The Hall–Kier alpha value is -5.58. The molecule has 6 rings (SSSR count). The zero-order valence-electron chi connectivity index (χ0n) is 23.4. The van der Waals surface area contributed by atoms with E-state index in [-0.39, 0.29) is 30.7 Å². The van der Waals surface area contributed by atoms with Gasteiger partial charge < -0.3 is 20.3 Å². The maximum absolute atomic E-state index is 13.3. The molecular formula is C32H29N7O4. The molecule has 0 radical (unpaired) electrons. The molecule has 0 saturated carbocycles. The minimum Gasteiger partial charge on any atom is -0.489 e. The van der Waals surface area contributed by atoms with Gasteiger partial charge in [0.1, 0.15) is 24.2 Å². The van der Waals surface area contributed by atoms with Crippen LogP contribution < -0.4 is 20.3 Å². The van der Waals surface area contributed by atoms with Gasteiger partial charge >= 0.3 is 0 Å². The Bertz CT molecular complexity index is 1800. The molecule has 0 saturated heterocycles. The fourth-order valence-electron chi connectivity index (χ4n) is 4.92. The second-order valence-electron chi connectivity index (χ2n) is 10.3. The maximum Gasteiger partial charge on any atom is 0.291 e. The molecule has 2 aromatic heterocycles. The molecule has 0 bridgehead atoms. The van der Waals surface area contributed by atoms with Crippen LogP contribution in [0.1, 0.15) is 34.0 Å². The average Bonchev–Trinajstić information content (AvgIpc) is 3.46. The lowest BCUT2D eigenvalue weighted by Crippen LogP contribution is -2.49. The molecule has 43 heavy (non-hydrogen) atoms. The number of likely N-dealkylation sites (N-methyl/N-ethyl adjacent to an activating group) is 1. The van der Waals surface area contributed by atoms with Gasteiger partial charge in [-0.2, -0.15) is 0 Å². The first-order valence-corrected chi connectivity index (χ1v) is 13.9. The molecule has 3 aromatic carbocycles. The van der Waals surface area contributed by atoms with Gasteiger partial charge in [-0.1, -0.05) is 48.5 Å². The van der Waals surface area contributed by atoms with Gasteiger partial charge in [-0.25, -0.2) is 4.98 Å². The lowest BCUT2D eigenvalue weighted by atomic mass is 10.1. The van der Waals surface area contributed by atoms with E-state index in [0.717, 1.165) is 22.0 Å². The zero-order valence-corrected chi connectivity index (χ0v) is 23.4. The van der Waals surface area contributed by atoms with Crippen molar-refractivity contribution in [2.24, 2.45) is 0 Å². The van der Waals surface area contributed by atoms with Crippen LogP contribution in [0.4, 0.5) is 11.4 Å². The Morgan fingerprint density at radius 2 is 1.88 bits per heavy atom. The SMILES string of the molecule is CN1C(=O)[C@@H](NC(=O)c2n[nH]c(Cc3ccccc3)n2)COc2ccc(CCC(=O)Nc3ccc4cccnc4c3)cc21. The van der Waals surface area contributed by atoms with Crippen LogP contribution in [0.5, 0.6) is 5.75 Å². The standard InChI is InChI=1S/C32H29N7O4/c1-39-26-16-21(10-14-29(40)34-23-12-11-22-8-5-15-33-24(22)18-23)9-13-27(26)43-19-25(32(39)42)35-31(41)30-36-28(37-38-30)17-20-6-3-2-4-7-20/h2-9,11-13,15-16,18,25H,10,14,17,19H2,1H3,(H,34,40)(H,35,41)(H,36,37,38)/t25-/m0/s1. The fraction of sp³-hybridized carbons (Fsp3) is 0.188. The van der Waals surface area contributed by atoms with E-state index >= 15 is 0 Å². The highest BCUT2D eigenvalue weighted by Crippen LogP contribution is 2.32. The van der Waals surface area contributed by atoms with Crippen molar-refractivity contribution in [2.45, 2.75) is 25.3 Å². The summed E-state index contributed by atoms with van der Waals surface area (Å²) in [5, 5.41) is 13.4. The molecule has 11 heteroatoms. The number of benzene rings is 3. The quantitative estimate of drug-likeness (QED) is 0.256. The van der Waals surface area contributed by atoms with Crippen molar-refractivity contribution >= 4 is 40.0 Å². The molecule has 0 unspecified atom stereocenters. The van der Waals surface area contributed by atoms with Crippen molar-refractivity contribution in [1.82, 2.24) is 25.5 Å². The molecule has 1 atom stereocenters. The smallest absolute Gasteiger partial charge is 0.291 e. The number of rotatable bonds is 8. The third kappa shape index (κ3) is 6.35. The van der Waals surface area contributed by atoms with Crippen LogP contribution in [0.25, 0.3) is 10.9 Å². The molecule has 0 fully saturated rings. The summed E-state index contributed by atoms with van der Waals surface area (Å²) in [5.74, 6) is -0.0544. The van der Waals surface area contributed by atoms with Crippen molar-refractivity contribution in [3.8, 4) is 5.75 Å². The van der Waals surface area contributed by atoms with Crippen LogP contribution in [0.3, 0.4) is 0 Å². The Balaban J connectivity index is 1.06. The number of aromatic nitrogens is 4. The maximum atomic E-state index is 13.3. The van der Waals surface area contributed by atoms with Crippen LogP contribution in [0.15, 0.2) is 85.1 Å². The summed E-state index contributed by atoms with van der Waals surface area (Å²) >= 11 is 0. The molecule has 0 spiro atoms. The number of hydrogen-bond donors (Lipinski definition) is 3. The predicted octanol–water partition coefficient (Wildman–Crippen LogP) is 3.67. The number of nitrogens with one attached hydrogen (secondary N) is 3. The number of ether oxygens (including phenoxy) is 1. The summed E-state index contributed by atoms with van der Waals surface area (Å²) < 4.78 is 5.91. The van der Waals surface area contributed by atoms with Crippen molar-refractivity contribution < 1.29 is 19.1 Å². The monoisotopic (exact) mass is 575 g/mol. The number of carbonyl (C=O) groups excluding carboxylic acids is 3. The van der Waals surface area contributed by atoms with Gasteiger partial charge in [-0.3, -0.25) is 24.5 Å². The number of aromatic amines is 1. The van der Waals surface area contributed by atoms with Crippen molar-refractivity contribution in [3.63, 3.8) is 0 Å². The Morgan fingerprint density at radius 1 is 1.02 bits per heavy atom. The first-order valence-electron chi connectivity index (χ1n) is 13.9. The van der Waals surface area contributed by atoms with Crippen LogP contribution in [0.2, 0.25) is 0 Å². The third-order valence-electron chi connectivity index (χ3n) is 7.20. The summed E-state index contributed by atoms with van der Waals surface area (Å²) in [5.41, 5.74) is 3.94. The van der Waals surface area contributed by atoms with E-state index < -0.39 is 11.9 Å². The summed E-state index contributed by atoms with van der Waals surface area (Å²) in [4.78, 5) is 48.9. The Labute approximate surface area is 247 Å². The van der Waals surface area contributed by atoms with E-state index in [1.165, 1.54) is 4.90 Å². The number of nitrogens with zero attached hydrogens (tertiary/aromatic N) is 4. The highest BCUT2D eigenvalue weighted by molar-refractivity contribution is 6.02. The van der Waals surface area contributed by atoms with E-state index in [2.05, 4.69) is 30.8 Å². The number of hydrogen-bond acceptors (Lipinski definition) is 7. The molecular weight excluding hydrogens is 546 g/mol. The van der Waals surface area contributed by atoms with Gasteiger partial charge in [-0.15, -0.1) is 5.10 Å². The van der Waals surface area contributed by atoms with Gasteiger partial charge in [0, 0.05) is 37.2 Å². The summed E-state index contributed by atoms with van der Waals surface area (Å²) in [6.07, 6.45) is 2.92. The van der Waals surface area contributed by atoms with Gasteiger partial charge in [0.25, 0.3) is 11.8 Å². The number of amides is 3.